The van der Waals surface area contributed by atoms with Crippen LogP contribution in [0.4, 0.5) is 0 Å². The Kier molecular flexibility index (Phi) is 6.61. The molecule has 1 atom stereocenters. The summed E-state index contributed by atoms with van der Waals surface area (Å²) in [6, 6.07) is 10.5. The molecule has 0 bridgehead atoms. The van der Waals surface area contributed by atoms with E-state index in [0.29, 0.717) is 18.1 Å². The van der Waals surface area contributed by atoms with E-state index in [-0.39, 0.29) is 0 Å². The minimum Gasteiger partial charge on any atom is -0.300 e. The molecule has 0 aliphatic rings. The number of carbonyl (C=O) groups is 1. The minimum absolute atomic E-state index is 0.300. The summed E-state index contributed by atoms with van der Waals surface area (Å²) in [4.78, 5) is 11.3. The lowest BCUT2D eigenvalue weighted by Crippen LogP contribution is -2.04. The smallest absolute Gasteiger partial charge is 0.130 e. The fraction of sp³-hybridized carbons (Fsp3) is 0.562. The first-order valence-electron chi connectivity index (χ1n) is 6.78. The van der Waals surface area contributed by atoms with Gasteiger partial charge in [-0.1, -0.05) is 62.9 Å². The maximum atomic E-state index is 11.3. The first-order chi connectivity index (χ1) is 8.24. The summed E-state index contributed by atoms with van der Waals surface area (Å²) in [5, 5.41) is 0. The third-order valence-electron chi connectivity index (χ3n) is 3.21. The number of Topliss-reactive ketones (excluding diaryl/α,β-unsaturated/α-hetero) is 1. The van der Waals surface area contributed by atoms with E-state index in [9.17, 15) is 4.79 Å². The fourth-order valence-electron chi connectivity index (χ4n) is 2.28. The van der Waals surface area contributed by atoms with Gasteiger partial charge in [0.15, 0.2) is 0 Å². The van der Waals surface area contributed by atoms with E-state index in [1.165, 1.54) is 31.2 Å². The van der Waals surface area contributed by atoms with Crippen LogP contribution in [0.5, 0.6) is 0 Å². The van der Waals surface area contributed by atoms with Crippen molar-refractivity contribution in [1.82, 2.24) is 0 Å². The molecular weight excluding hydrogens is 208 g/mol. The van der Waals surface area contributed by atoms with Gasteiger partial charge in [-0.2, -0.15) is 0 Å². The molecule has 0 aliphatic heterocycles. The zero-order chi connectivity index (χ0) is 12.5. The highest BCUT2D eigenvalue weighted by Crippen LogP contribution is 2.26. The molecule has 0 N–H and O–H groups in total. The van der Waals surface area contributed by atoms with Crippen molar-refractivity contribution in [2.75, 3.05) is 0 Å². The van der Waals surface area contributed by atoms with E-state index in [4.69, 9.17) is 0 Å². The molecule has 0 radical (unpaired) electrons. The Morgan fingerprint density at radius 3 is 2.41 bits per heavy atom. The van der Waals surface area contributed by atoms with Crippen LogP contribution in [0.3, 0.4) is 0 Å². The normalized spacial score (nSPS) is 12.4. The van der Waals surface area contributed by atoms with Crippen LogP contribution in [0.15, 0.2) is 30.3 Å². The molecule has 0 heterocycles. The highest BCUT2D eigenvalue weighted by molar-refractivity contribution is 5.76. The zero-order valence-electron chi connectivity index (χ0n) is 11.1. The van der Waals surface area contributed by atoms with Gasteiger partial charge in [0.25, 0.3) is 0 Å². The third kappa shape index (κ3) is 5.67. The topological polar surface area (TPSA) is 17.1 Å². The number of carbonyl (C=O) groups excluding carboxylic acids is 1. The van der Waals surface area contributed by atoms with Crippen LogP contribution < -0.4 is 0 Å². The van der Waals surface area contributed by atoms with Gasteiger partial charge in [-0.15, -0.1) is 0 Å². The number of unbranched alkanes of at least 4 members (excludes halogenated alkanes) is 3. The summed E-state index contributed by atoms with van der Waals surface area (Å²) < 4.78 is 0. The molecule has 0 aromatic heterocycles. The maximum Gasteiger partial charge on any atom is 0.130 e. The maximum absolute atomic E-state index is 11.3. The molecule has 0 spiro atoms. The van der Waals surface area contributed by atoms with Crippen molar-refractivity contribution in [2.45, 2.75) is 58.3 Å². The third-order valence-corrected chi connectivity index (χ3v) is 3.21. The Morgan fingerprint density at radius 1 is 1.12 bits per heavy atom. The van der Waals surface area contributed by atoms with Crippen LogP contribution in [0.25, 0.3) is 0 Å². The monoisotopic (exact) mass is 232 g/mol. The van der Waals surface area contributed by atoms with Crippen molar-refractivity contribution in [1.29, 1.82) is 0 Å². The summed E-state index contributed by atoms with van der Waals surface area (Å²) in [5.41, 5.74) is 1.32. The van der Waals surface area contributed by atoms with Crippen molar-refractivity contribution < 1.29 is 4.79 Å². The molecular formula is C16H24O. The van der Waals surface area contributed by atoms with Gasteiger partial charge in [0.1, 0.15) is 5.78 Å². The molecule has 0 unspecified atom stereocenters. The average molecular weight is 232 g/mol. The van der Waals surface area contributed by atoms with Gasteiger partial charge in [0, 0.05) is 6.42 Å². The molecule has 0 amide bonds. The predicted molar refractivity (Wildman–Crippen MR) is 73.2 cm³/mol. The molecule has 17 heavy (non-hydrogen) atoms. The first-order valence-corrected chi connectivity index (χ1v) is 6.78. The Labute approximate surface area is 105 Å². The molecule has 0 aliphatic carbocycles. The van der Waals surface area contributed by atoms with Crippen LogP contribution in [0, 0.1) is 0 Å². The average Bonchev–Trinajstić information content (AvgIpc) is 2.34. The van der Waals surface area contributed by atoms with E-state index < -0.39 is 0 Å². The predicted octanol–water partition coefficient (Wildman–Crippen LogP) is 4.72. The minimum atomic E-state index is 0.300. The Morgan fingerprint density at radius 2 is 1.82 bits per heavy atom. The molecule has 1 heteroatoms. The van der Waals surface area contributed by atoms with Crippen LogP contribution in [-0.4, -0.2) is 5.78 Å². The van der Waals surface area contributed by atoms with Crippen LogP contribution in [0.2, 0.25) is 0 Å². The molecule has 0 fully saturated rings. The molecule has 94 valence electrons. The second-order valence-corrected chi connectivity index (χ2v) is 4.86. The quantitative estimate of drug-likeness (QED) is 0.593. The highest BCUT2D eigenvalue weighted by Gasteiger charge is 2.12. The largest absolute Gasteiger partial charge is 0.300 e. The van der Waals surface area contributed by atoms with Gasteiger partial charge in [0.2, 0.25) is 0 Å². The number of hydrogen-bond donors (Lipinski definition) is 0. The second-order valence-electron chi connectivity index (χ2n) is 4.86. The first kappa shape index (κ1) is 14.0. The van der Waals surface area contributed by atoms with Gasteiger partial charge in [-0.25, -0.2) is 0 Å². The van der Waals surface area contributed by atoms with E-state index in [2.05, 4.69) is 31.2 Å². The van der Waals surface area contributed by atoms with Crippen LogP contribution in [-0.2, 0) is 4.79 Å². The van der Waals surface area contributed by atoms with Gasteiger partial charge < -0.3 is 4.79 Å². The van der Waals surface area contributed by atoms with Crippen molar-refractivity contribution >= 4 is 5.78 Å². The van der Waals surface area contributed by atoms with E-state index in [1.54, 1.807) is 6.92 Å². The van der Waals surface area contributed by atoms with Crippen LogP contribution >= 0.6 is 0 Å². The van der Waals surface area contributed by atoms with Gasteiger partial charge in [0.05, 0.1) is 0 Å². The lowest BCUT2D eigenvalue weighted by molar-refractivity contribution is -0.117. The Balaban J connectivity index is 2.52. The SMILES string of the molecule is CCCCCC[C@@H](CC(C)=O)c1ccccc1. The van der Waals surface area contributed by atoms with Gasteiger partial charge in [-0.3, -0.25) is 0 Å². The molecule has 1 aromatic carbocycles. The molecule has 0 saturated heterocycles. The van der Waals surface area contributed by atoms with Crippen molar-refractivity contribution in [3.63, 3.8) is 0 Å². The summed E-state index contributed by atoms with van der Waals surface area (Å²) in [5.74, 6) is 0.722. The molecule has 1 rings (SSSR count). The van der Waals surface area contributed by atoms with Crippen molar-refractivity contribution in [3.8, 4) is 0 Å². The molecule has 1 nitrogen and oxygen atoms in total. The highest BCUT2D eigenvalue weighted by atomic mass is 16.1. The number of hydrogen-bond acceptors (Lipinski definition) is 1. The molecule has 1 aromatic rings. The van der Waals surface area contributed by atoms with Gasteiger partial charge in [-0.05, 0) is 24.8 Å². The van der Waals surface area contributed by atoms with Crippen LogP contribution in [0.1, 0.15) is 63.9 Å². The summed E-state index contributed by atoms with van der Waals surface area (Å²) in [7, 11) is 0. The van der Waals surface area contributed by atoms with E-state index in [1.807, 2.05) is 6.07 Å². The summed E-state index contributed by atoms with van der Waals surface area (Å²) in [6.45, 7) is 3.92. The lowest BCUT2D eigenvalue weighted by Gasteiger charge is -2.15. The zero-order valence-corrected chi connectivity index (χ0v) is 11.1. The second kappa shape index (κ2) is 8.05. The number of benzene rings is 1. The summed E-state index contributed by atoms with van der Waals surface area (Å²) >= 11 is 0. The number of rotatable bonds is 8. The standard InChI is InChI=1S/C16H24O/c1-3-4-5-7-12-16(13-14(2)17)15-10-8-6-9-11-15/h6,8-11,16H,3-5,7,12-13H2,1-2H3/t16-/m0/s1. The fourth-order valence-corrected chi connectivity index (χ4v) is 2.28. The van der Waals surface area contributed by atoms with Crippen molar-refractivity contribution in [3.05, 3.63) is 35.9 Å². The van der Waals surface area contributed by atoms with Crippen molar-refractivity contribution in [2.24, 2.45) is 0 Å². The Bertz CT molecular complexity index is 316. The van der Waals surface area contributed by atoms with Gasteiger partial charge >= 0.3 is 0 Å². The molecule has 0 saturated carbocycles. The van der Waals surface area contributed by atoms with E-state index in [0.717, 1.165) is 6.42 Å². The summed E-state index contributed by atoms with van der Waals surface area (Å²) in [6.07, 6.45) is 6.93. The number of ketones is 1. The van der Waals surface area contributed by atoms with E-state index >= 15 is 0 Å². The lowest BCUT2D eigenvalue weighted by atomic mass is 9.89. The Hall–Kier alpha value is -1.11.